The highest BCUT2D eigenvalue weighted by Crippen LogP contribution is 2.33. The van der Waals surface area contributed by atoms with E-state index in [1.807, 2.05) is 30.3 Å². The van der Waals surface area contributed by atoms with Crippen molar-refractivity contribution in [2.75, 3.05) is 10.6 Å². The van der Waals surface area contributed by atoms with Gasteiger partial charge in [0.1, 0.15) is 6.33 Å². The van der Waals surface area contributed by atoms with Gasteiger partial charge < -0.3 is 10.6 Å². The second-order valence-corrected chi connectivity index (χ2v) is 5.72. The Labute approximate surface area is 146 Å². The van der Waals surface area contributed by atoms with E-state index in [9.17, 15) is 10.1 Å². The van der Waals surface area contributed by atoms with Crippen molar-refractivity contribution in [2.45, 2.75) is 0 Å². The van der Waals surface area contributed by atoms with E-state index in [4.69, 9.17) is 0 Å². The first kappa shape index (κ1) is 15.9. The van der Waals surface area contributed by atoms with Crippen molar-refractivity contribution in [2.24, 2.45) is 0 Å². The van der Waals surface area contributed by atoms with Gasteiger partial charge in [-0.05, 0) is 30.3 Å². The van der Waals surface area contributed by atoms with Crippen molar-refractivity contribution in [3.63, 3.8) is 0 Å². The fourth-order valence-corrected chi connectivity index (χ4v) is 2.50. The van der Waals surface area contributed by atoms with Crippen molar-refractivity contribution in [1.82, 2.24) is 9.97 Å². The largest absolute Gasteiger partial charge is 0.353 e. The summed E-state index contributed by atoms with van der Waals surface area (Å²) in [7, 11) is 0. The maximum Gasteiger partial charge on any atom is 0.353 e. The molecular formula is C16H12BrN5O2. The van der Waals surface area contributed by atoms with E-state index in [0.29, 0.717) is 11.4 Å². The summed E-state index contributed by atoms with van der Waals surface area (Å²) in [6, 6.07) is 16.4. The molecule has 0 aliphatic rings. The summed E-state index contributed by atoms with van der Waals surface area (Å²) < 4.78 is 0.854. The average Bonchev–Trinajstić information content (AvgIpc) is 2.56. The summed E-state index contributed by atoms with van der Waals surface area (Å²) >= 11 is 3.36. The van der Waals surface area contributed by atoms with Crippen molar-refractivity contribution < 1.29 is 4.92 Å². The van der Waals surface area contributed by atoms with E-state index in [-0.39, 0.29) is 17.3 Å². The summed E-state index contributed by atoms with van der Waals surface area (Å²) in [5.41, 5.74) is 1.16. The van der Waals surface area contributed by atoms with Crippen LogP contribution in [0.15, 0.2) is 65.4 Å². The predicted octanol–water partition coefficient (Wildman–Crippen LogP) is 4.63. The molecule has 0 bridgehead atoms. The number of halogens is 1. The van der Waals surface area contributed by atoms with Gasteiger partial charge in [0.2, 0.25) is 11.6 Å². The molecule has 0 radical (unpaired) electrons. The van der Waals surface area contributed by atoms with Gasteiger partial charge in [0, 0.05) is 15.8 Å². The van der Waals surface area contributed by atoms with E-state index >= 15 is 0 Å². The van der Waals surface area contributed by atoms with Gasteiger partial charge in [0.15, 0.2) is 0 Å². The molecule has 120 valence electrons. The highest BCUT2D eigenvalue weighted by atomic mass is 79.9. The number of hydrogen-bond acceptors (Lipinski definition) is 6. The molecule has 0 saturated heterocycles. The second-order valence-electron chi connectivity index (χ2n) is 4.80. The zero-order valence-electron chi connectivity index (χ0n) is 12.3. The smallest absolute Gasteiger partial charge is 0.334 e. The van der Waals surface area contributed by atoms with E-state index in [0.717, 1.165) is 4.47 Å². The zero-order valence-corrected chi connectivity index (χ0v) is 13.9. The highest BCUT2D eigenvalue weighted by Gasteiger charge is 2.23. The van der Waals surface area contributed by atoms with E-state index in [2.05, 4.69) is 36.5 Å². The number of rotatable bonds is 5. The van der Waals surface area contributed by atoms with Gasteiger partial charge in [-0.2, -0.15) is 0 Å². The quantitative estimate of drug-likeness (QED) is 0.490. The first-order chi connectivity index (χ1) is 11.6. The number of nitrogens with one attached hydrogen (secondary N) is 2. The predicted molar refractivity (Wildman–Crippen MR) is 95.8 cm³/mol. The maximum atomic E-state index is 11.5. The number of nitro groups is 1. The Morgan fingerprint density at radius 3 is 2.17 bits per heavy atom. The van der Waals surface area contributed by atoms with Crippen molar-refractivity contribution in [1.29, 1.82) is 0 Å². The molecule has 2 aromatic carbocycles. The lowest BCUT2D eigenvalue weighted by molar-refractivity contribution is -0.383. The second kappa shape index (κ2) is 7.05. The molecule has 24 heavy (non-hydrogen) atoms. The Kier molecular flexibility index (Phi) is 4.66. The summed E-state index contributed by atoms with van der Waals surface area (Å²) in [4.78, 5) is 19.0. The van der Waals surface area contributed by atoms with Crippen LogP contribution in [0.25, 0.3) is 0 Å². The summed E-state index contributed by atoms with van der Waals surface area (Å²) in [6.45, 7) is 0. The van der Waals surface area contributed by atoms with Crippen LogP contribution in [0.5, 0.6) is 0 Å². The molecule has 0 atom stereocenters. The molecule has 3 aromatic rings. The first-order valence-corrected chi connectivity index (χ1v) is 7.77. The van der Waals surface area contributed by atoms with Crippen LogP contribution < -0.4 is 10.6 Å². The monoisotopic (exact) mass is 385 g/mol. The Bertz CT molecular complexity index is 873. The Morgan fingerprint density at radius 1 is 0.917 bits per heavy atom. The van der Waals surface area contributed by atoms with Crippen LogP contribution in [-0.4, -0.2) is 14.9 Å². The normalized spacial score (nSPS) is 10.2. The molecule has 0 amide bonds. The van der Waals surface area contributed by atoms with Crippen LogP contribution >= 0.6 is 15.9 Å². The molecule has 0 aliphatic heterocycles. The Hall–Kier alpha value is -3.00. The fourth-order valence-electron chi connectivity index (χ4n) is 2.10. The number of para-hydroxylation sites is 1. The van der Waals surface area contributed by atoms with Crippen LogP contribution in [0.4, 0.5) is 28.7 Å². The lowest BCUT2D eigenvalue weighted by Crippen LogP contribution is -2.05. The molecular weight excluding hydrogens is 374 g/mol. The molecule has 0 spiro atoms. The van der Waals surface area contributed by atoms with E-state index in [1.165, 1.54) is 6.33 Å². The third-order valence-corrected chi connectivity index (χ3v) is 3.62. The molecule has 0 unspecified atom stereocenters. The van der Waals surface area contributed by atoms with E-state index in [1.54, 1.807) is 24.3 Å². The molecule has 2 N–H and O–H groups in total. The van der Waals surface area contributed by atoms with Crippen LogP contribution in [0.2, 0.25) is 0 Å². The summed E-state index contributed by atoms with van der Waals surface area (Å²) in [5, 5.41) is 17.4. The highest BCUT2D eigenvalue weighted by molar-refractivity contribution is 9.10. The van der Waals surface area contributed by atoms with Gasteiger partial charge in [0.05, 0.1) is 4.92 Å². The number of benzene rings is 2. The van der Waals surface area contributed by atoms with Crippen LogP contribution in [-0.2, 0) is 0 Å². The van der Waals surface area contributed by atoms with Gasteiger partial charge >= 0.3 is 5.69 Å². The summed E-state index contributed by atoms with van der Waals surface area (Å²) in [6.07, 6.45) is 1.28. The minimum atomic E-state index is -0.508. The van der Waals surface area contributed by atoms with Crippen LogP contribution in [0, 0.1) is 10.1 Å². The minimum absolute atomic E-state index is 0.117. The molecule has 3 rings (SSSR count). The van der Waals surface area contributed by atoms with Crippen LogP contribution in [0.3, 0.4) is 0 Å². The molecule has 1 heterocycles. The third-order valence-electron chi connectivity index (χ3n) is 3.13. The molecule has 8 heteroatoms. The zero-order chi connectivity index (χ0) is 16.9. The van der Waals surface area contributed by atoms with Gasteiger partial charge in [-0.25, -0.2) is 9.97 Å². The maximum absolute atomic E-state index is 11.5. The van der Waals surface area contributed by atoms with Gasteiger partial charge in [-0.3, -0.25) is 10.1 Å². The topological polar surface area (TPSA) is 93.0 Å². The van der Waals surface area contributed by atoms with Crippen molar-refractivity contribution in [3.05, 3.63) is 75.5 Å². The lowest BCUT2D eigenvalue weighted by Gasteiger charge is -2.10. The Morgan fingerprint density at radius 2 is 1.54 bits per heavy atom. The molecule has 7 nitrogen and oxygen atoms in total. The third kappa shape index (κ3) is 3.66. The first-order valence-electron chi connectivity index (χ1n) is 6.97. The standard InChI is InChI=1S/C16H12BrN5O2/c17-11-5-4-8-13(9-11)21-16-14(22(23)24)15(18-10-19-16)20-12-6-2-1-3-7-12/h1-10H,(H2,18,19,20,21). The SMILES string of the molecule is O=[N+]([O-])c1c(Nc2ccccc2)ncnc1Nc1cccc(Br)c1. The number of anilines is 4. The summed E-state index contributed by atoms with van der Waals surface area (Å²) in [5.74, 6) is 0.241. The molecule has 0 fully saturated rings. The van der Waals surface area contributed by atoms with Crippen LogP contribution in [0.1, 0.15) is 0 Å². The minimum Gasteiger partial charge on any atom is -0.334 e. The van der Waals surface area contributed by atoms with Gasteiger partial charge in [-0.1, -0.05) is 40.2 Å². The van der Waals surface area contributed by atoms with Gasteiger partial charge in [-0.15, -0.1) is 0 Å². The lowest BCUT2D eigenvalue weighted by atomic mass is 10.3. The molecule has 0 saturated carbocycles. The van der Waals surface area contributed by atoms with Gasteiger partial charge in [0.25, 0.3) is 0 Å². The van der Waals surface area contributed by atoms with E-state index < -0.39 is 4.92 Å². The number of aromatic nitrogens is 2. The number of hydrogen-bond donors (Lipinski definition) is 2. The molecule has 0 aliphatic carbocycles. The van der Waals surface area contributed by atoms with Crippen molar-refractivity contribution >= 4 is 44.6 Å². The Balaban J connectivity index is 1.97. The fraction of sp³-hybridized carbons (Fsp3) is 0. The van der Waals surface area contributed by atoms with Crippen molar-refractivity contribution in [3.8, 4) is 0 Å². The molecule has 1 aromatic heterocycles. The number of nitrogens with zero attached hydrogens (tertiary/aromatic N) is 3. The average molecular weight is 386 g/mol.